The lowest BCUT2D eigenvalue weighted by atomic mass is 9.50. The normalized spacial score (nSPS) is 45.0. The smallest absolute Gasteiger partial charge is 0.224 e. The van der Waals surface area contributed by atoms with Crippen LogP contribution < -0.4 is 10.6 Å². The Kier molecular flexibility index (Phi) is 3.02. The Balaban J connectivity index is 1.24. The fourth-order valence-corrected chi connectivity index (χ4v) is 7.52. The first-order chi connectivity index (χ1) is 12.6. The van der Waals surface area contributed by atoms with Gasteiger partial charge in [0.05, 0.1) is 5.54 Å². The summed E-state index contributed by atoms with van der Waals surface area (Å²) in [6.45, 7) is 2.14. The number of tetrazole rings is 1. The molecule has 1 spiro atoms. The molecule has 5 saturated carbocycles. The Labute approximate surface area is 153 Å². The maximum atomic E-state index is 13.2. The highest BCUT2D eigenvalue weighted by molar-refractivity contribution is 5.83. The van der Waals surface area contributed by atoms with Crippen LogP contribution in [0.3, 0.4) is 0 Å². The molecule has 3 atom stereocenters. The second-order valence-corrected chi connectivity index (χ2v) is 10.0. The minimum absolute atomic E-state index is 0.0239. The number of carbonyl (C=O) groups excluding carboxylic acids is 1. The van der Waals surface area contributed by atoms with Gasteiger partial charge in [0.25, 0.3) is 0 Å². The number of piperidine rings is 1. The summed E-state index contributed by atoms with van der Waals surface area (Å²) in [6, 6.07) is 0. The second kappa shape index (κ2) is 5.06. The molecule has 1 saturated heterocycles. The molecular formula is C19H28N6O. The van der Waals surface area contributed by atoms with E-state index in [4.69, 9.17) is 0 Å². The molecule has 7 nitrogen and oxygen atoms in total. The minimum atomic E-state index is -0.0362. The van der Waals surface area contributed by atoms with Gasteiger partial charge < -0.3 is 10.6 Å². The minimum Gasteiger partial charge on any atom is -0.350 e. The number of aromatic nitrogens is 4. The topological polar surface area (TPSA) is 84.7 Å². The highest BCUT2D eigenvalue weighted by Gasteiger charge is 2.63. The maximum Gasteiger partial charge on any atom is 0.224 e. The summed E-state index contributed by atoms with van der Waals surface area (Å²) in [5.41, 5.74) is 0.248. The lowest BCUT2D eigenvalue weighted by Gasteiger charge is -2.61. The first kappa shape index (κ1) is 15.5. The van der Waals surface area contributed by atoms with Crippen LogP contribution in [0.1, 0.15) is 57.8 Å². The number of nitrogens with one attached hydrogen (secondary N) is 2. The molecule has 7 heteroatoms. The first-order valence-corrected chi connectivity index (χ1v) is 10.4. The summed E-state index contributed by atoms with van der Waals surface area (Å²) in [7, 11) is 0. The van der Waals surface area contributed by atoms with Gasteiger partial charge in [-0.15, -0.1) is 10.2 Å². The van der Waals surface area contributed by atoms with Gasteiger partial charge in [-0.05, 0) is 93.3 Å². The summed E-state index contributed by atoms with van der Waals surface area (Å²) in [5.74, 6) is 1.96. The van der Waals surface area contributed by atoms with Crippen molar-refractivity contribution in [3.8, 4) is 0 Å². The van der Waals surface area contributed by atoms with Gasteiger partial charge >= 0.3 is 0 Å². The average molecular weight is 356 g/mol. The zero-order chi connectivity index (χ0) is 17.4. The quantitative estimate of drug-likeness (QED) is 0.851. The zero-order valence-electron chi connectivity index (χ0n) is 15.3. The lowest BCUT2D eigenvalue weighted by molar-refractivity contribution is -0.133. The van der Waals surface area contributed by atoms with Crippen LogP contribution in [0.4, 0.5) is 0 Å². The predicted octanol–water partition coefficient (Wildman–Crippen LogP) is 1.23. The summed E-state index contributed by atoms with van der Waals surface area (Å²) in [5, 5.41) is 19.7. The third-order valence-electron chi connectivity index (χ3n) is 8.30. The van der Waals surface area contributed by atoms with Crippen molar-refractivity contribution in [3.63, 3.8) is 0 Å². The Morgan fingerprint density at radius 3 is 2.58 bits per heavy atom. The highest BCUT2D eigenvalue weighted by Crippen LogP contribution is 2.62. The van der Waals surface area contributed by atoms with Crippen LogP contribution in [0.15, 0.2) is 6.33 Å². The molecule has 0 aromatic carbocycles. The van der Waals surface area contributed by atoms with E-state index in [2.05, 4.69) is 26.0 Å². The van der Waals surface area contributed by atoms with Crippen molar-refractivity contribution in [2.45, 2.75) is 68.9 Å². The van der Waals surface area contributed by atoms with Gasteiger partial charge in [0.2, 0.25) is 5.91 Å². The van der Waals surface area contributed by atoms with Gasteiger partial charge in [-0.3, -0.25) is 4.79 Å². The summed E-state index contributed by atoms with van der Waals surface area (Å²) >= 11 is 0. The molecule has 6 fully saturated rings. The van der Waals surface area contributed by atoms with E-state index in [0.29, 0.717) is 23.2 Å². The van der Waals surface area contributed by atoms with Crippen molar-refractivity contribution in [1.82, 2.24) is 30.8 Å². The van der Waals surface area contributed by atoms with Crippen LogP contribution in [0, 0.1) is 23.2 Å². The van der Waals surface area contributed by atoms with Gasteiger partial charge in [-0.25, -0.2) is 0 Å². The molecule has 7 rings (SSSR count). The van der Waals surface area contributed by atoms with Gasteiger partial charge in [0.1, 0.15) is 0 Å². The van der Waals surface area contributed by atoms with E-state index in [1.807, 2.05) is 4.80 Å². The number of amides is 1. The van der Waals surface area contributed by atoms with E-state index >= 15 is 0 Å². The van der Waals surface area contributed by atoms with Crippen LogP contribution in [-0.4, -0.2) is 44.7 Å². The van der Waals surface area contributed by atoms with E-state index in [-0.39, 0.29) is 17.0 Å². The number of carbonyl (C=O) groups is 1. The Hall–Kier alpha value is -1.50. The van der Waals surface area contributed by atoms with Crippen molar-refractivity contribution in [2.24, 2.45) is 23.2 Å². The molecule has 6 aliphatic rings. The molecule has 1 aliphatic heterocycles. The van der Waals surface area contributed by atoms with E-state index in [1.165, 1.54) is 6.42 Å². The molecule has 2 N–H and O–H groups in total. The lowest BCUT2D eigenvalue weighted by Crippen LogP contribution is -2.66. The van der Waals surface area contributed by atoms with Crippen molar-refractivity contribution in [1.29, 1.82) is 0 Å². The van der Waals surface area contributed by atoms with Gasteiger partial charge in [0.15, 0.2) is 6.33 Å². The SMILES string of the molecule is O=C(NC12CC3CC(C1)CC(n1ncnn1)(C3)C2)C1CC12CCNCC2. The van der Waals surface area contributed by atoms with Crippen molar-refractivity contribution < 1.29 is 4.79 Å². The van der Waals surface area contributed by atoms with Crippen LogP contribution in [0.2, 0.25) is 0 Å². The van der Waals surface area contributed by atoms with E-state index < -0.39 is 0 Å². The van der Waals surface area contributed by atoms with Crippen molar-refractivity contribution >= 4 is 5.91 Å². The first-order valence-electron chi connectivity index (χ1n) is 10.4. The van der Waals surface area contributed by atoms with Crippen LogP contribution in [-0.2, 0) is 10.3 Å². The van der Waals surface area contributed by atoms with Crippen LogP contribution in [0.25, 0.3) is 0 Å². The van der Waals surface area contributed by atoms with Gasteiger partial charge in [0, 0.05) is 11.5 Å². The maximum absolute atomic E-state index is 13.2. The van der Waals surface area contributed by atoms with Crippen LogP contribution >= 0.6 is 0 Å². The van der Waals surface area contributed by atoms with Gasteiger partial charge in [-0.2, -0.15) is 4.80 Å². The van der Waals surface area contributed by atoms with Crippen molar-refractivity contribution in [2.75, 3.05) is 13.1 Å². The number of nitrogens with zero attached hydrogens (tertiary/aromatic N) is 4. The Bertz CT molecular complexity index is 710. The number of hydrogen-bond acceptors (Lipinski definition) is 5. The second-order valence-electron chi connectivity index (χ2n) is 10.0. The monoisotopic (exact) mass is 356 g/mol. The summed E-state index contributed by atoms with van der Waals surface area (Å²) in [4.78, 5) is 15.0. The fraction of sp³-hybridized carbons (Fsp3) is 0.895. The summed E-state index contributed by atoms with van der Waals surface area (Å²) in [6.07, 6.45) is 11.9. The summed E-state index contributed by atoms with van der Waals surface area (Å²) < 4.78 is 0. The third kappa shape index (κ3) is 2.15. The molecule has 26 heavy (non-hydrogen) atoms. The van der Waals surface area contributed by atoms with Crippen LogP contribution in [0.5, 0.6) is 0 Å². The fourth-order valence-electron chi connectivity index (χ4n) is 7.52. The number of rotatable bonds is 3. The average Bonchev–Trinajstić information content (AvgIpc) is 3.04. The molecule has 3 unspecified atom stereocenters. The molecule has 5 aliphatic carbocycles. The standard InChI is InChI=1S/C19H28N6O/c26-16(15-10-17(15)1-3-20-4-2-17)23-18-6-13-5-14(7-18)9-19(8-13,11-18)25-22-12-21-24-25/h12-15,20H,1-11H2,(H,23,26). The molecule has 1 amide bonds. The van der Waals surface area contributed by atoms with Gasteiger partial charge in [-0.1, -0.05) is 0 Å². The number of hydrogen-bond donors (Lipinski definition) is 2. The van der Waals surface area contributed by atoms with E-state index in [9.17, 15) is 4.79 Å². The molecular weight excluding hydrogens is 328 g/mol. The predicted molar refractivity (Wildman–Crippen MR) is 94.0 cm³/mol. The molecule has 140 valence electrons. The molecule has 1 aromatic rings. The van der Waals surface area contributed by atoms with E-state index in [1.54, 1.807) is 6.33 Å². The van der Waals surface area contributed by atoms with E-state index in [0.717, 1.165) is 64.5 Å². The Morgan fingerprint density at radius 1 is 1.12 bits per heavy atom. The Morgan fingerprint density at radius 2 is 1.88 bits per heavy atom. The van der Waals surface area contributed by atoms with Crippen molar-refractivity contribution in [3.05, 3.63) is 6.33 Å². The molecule has 1 aromatic heterocycles. The zero-order valence-corrected chi connectivity index (χ0v) is 15.3. The third-order valence-corrected chi connectivity index (χ3v) is 8.30. The molecule has 4 bridgehead atoms. The highest BCUT2D eigenvalue weighted by atomic mass is 16.2. The molecule has 2 heterocycles. The largest absolute Gasteiger partial charge is 0.350 e. The molecule has 0 radical (unpaired) electrons.